The van der Waals surface area contributed by atoms with E-state index >= 15 is 0 Å². The second kappa shape index (κ2) is 4.52. The van der Waals surface area contributed by atoms with Crippen LogP contribution in [0.2, 0.25) is 0 Å². The molecule has 2 rings (SSSR count). The van der Waals surface area contributed by atoms with Crippen LogP contribution >= 0.6 is 0 Å². The Kier molecular flexibility index (Phi) is 3.17. The Hall–Kier alpha value is -2.12. The van der Waals surface area contributed by atoms with Crippen molar-refractivity contribution in [3.05, 3.63) is 39.7 Å². The number of amides is 1. The average Bonchev–Trinajstić information content (AvgIpc) is 2.68. The lowest BCUT2D eigenvalue weighted by Crippen LogP contribution is -2.31. The van der Waals surface area contributed by atoms with Crippen LogP contribution in [0.1, 0.15) is 16.8 Å². The fourth-order valence-electron chi connectivity index (χ4n) is 1.92. The summed E-state index contributed by atoms with van der Waals surface area (Å²) in [5.74, 6) is -4.79. The quantitative estimate of drug-likeness (QED) is 0.613. The highest BCUT2D eigenvalue weighted by Crippen LogP contribution is 2.29. The van der Waals surface area contributed by atoms with Gasteiger partial charge in [0.05, 0.1) is 11.5 Å². The molecule has 19 heavy (non-hydrogen) atoms. The van der Waals surface area contributed by atoms with Crippen molar-refractivity contribution < 1.29 is 22.9 Å². The van der Waals surface area contributed by atoms with Crippen molar-refractivity contribution in [2.45, 2.75) is 12.3 Å². The summed E-state index contributed by atoms with van der Waals surface area (Å²) in [5, 5.41) is 10.7. The van der Waals surface area contributed by atoms with Crippen molar-refractivity contribution in [3.63, 3.8) is 0 Å². The molecule has 8 heteroatoms. The molecule has 1 saturated heterocycles. The molecule has 1 aliphatic heterocycles. The van der Waals surface area contributed by atoms with Crippen LogP contribution in [0.4, 0.5) is 18.9 Å². The molecule has 0 N–H and O–H groups in total. The number of carbonyl (C=O) groups excluding carboxylic acids is 1. The van der Waals surface area contributed by atoms with E-state index in [1.165, 1.54) is 0 Å². The molecule has 1 aromatic rings. The van der Waals surface area contributed by atoms with E-state index in [1.54, 1.807) is 0 Å². The first-order valence-corrected chi connectivity index (χ1v) is 5.41. The van der Waals surface area contributed by atoms with Gasteiger partial charge >= 0.3 is 0 Å². The third-order valence-electron chi connectivity index (χ3n) is 2.84. The van der Waals surface area contributed by atoms with E-state index in [0.29, 0.717) is 6.07 Å². The molecule has 0 spiro atoms. The molecule has 0 radical (unpaired) electrons. The van der Waals surface area contributed by atoms with E-state index in [0.717, 1.165) is 17.0 Å². The highest BCUT2D eigenvalue weighted by atomic mass is 19.3. The smallest absolute Gasteiger partial charge is 0.282 e. The number of nitro groups is 1. The maximum atomic E-state index is 13.1. The van der Waals surface area contributed by atoms with Crippen LogP contribution in [0.5, 0.6) is 0 Å². The van der Waals surface area contributed by atoms with Crippen molar-refractivity contribution in [3.8, 4) is 0 Å². The number of halogens is 3. The molecule has 5 nitrogen and oxygen atoms in total. The molecule has 0 saturated carbocycles. The topological polar surface area (TPSA) is 63.4 Å². The first kappa shape index (κ1) is 13.3. The first-order valence-electron chi connectivity index (χ1n) is 5.41. The summed E-state index contributed by atoms with van der Waals surface area (Å²) in [7, 11) is 0. The van der Waals surface area contributed by atoms with E-state index in [1.807, 2.05) is 0 Å². The molecule has 1 aliphatic rings. The van der Waals surface area contributed by atoms with Gasteiger partial charge in [0.2, 0.25) is 0 Å². The minimum Gasteiger partial charge on any atom is -0.332 e. The van der Waals surface area contributed by atoms with Crippen LogP contribution in [0.15, 0.2) is 18.2 Å². The number of nitro benzene ring substituents is 1. The summed E-state index contributed by atoms with van der Waals surface area (Å²) < 4.78 is 39.1. The van der Waals surface area contributed by atoms with Gasteiger partial charge in [-0.25, -0.2) is 13.2 Å². The minimum absolute atomic E-state index is 0.209. The average molecular weight is 274 g/mol. The summed E-state index contributed by atoms with van der Waals surface area (Å²) in [4.78, 5) is 22.6. The molecule has 0 unspecified atom stereocenters. The van der Waals surface area contributed by atoms with Crippen molar-refractivity contribution in [2.24, 2.45) is 0 Å². The van der Waals surface area contributed by atoms with E-state index < -0.39 is 46.8 Å². The van der Waals surface area contributed by atoms with Crippen molar-refractivity contribution in [2.75, 3.05) is 13.1 Å². The number of hydrogen-bond acceptors (Lipinski definition) is 3. The van der Waals surface area contributed by atoms with Gasteiger partial charge in [0.1, 0.15) is 11.4 Å². The second-order valence-corrected chi connectivity index (χ2v) is 4.25. The van der Waals surface area contributed by atoms with Gasteiger partial charge in [-0.3, -0.25) is 14.9 Å². The molecule has 1 aromatic carbocycles. The fraction of sp³-hybridized carbons (Fsp3) is 0.364. The second-order valence-electron chi connectivity index (χ2n) is 4.25. The third kappa shape index (κ3) is 2.67. The molecule has 1 heterocycles. The van der Waals surface area contributed by atoms with Gasteiger partial charge in [-0.2, -0.15) is 0 Å². The predicted octanol–water partition coefficient (Wildman–Crippen LogP) is 2.22. The van der Waals surface area contributed by atoms with Gasteiger partial charge < -0.3 is 4.90 Å². The molecule has 0 atom stereocenters. The Bertz CT molecular complexity index is 548. The largest absolute Gasteiger partial charge is 0.332 e. The summed E-state index contributed by atoms with van der Waals surface area (Å²) in [6.07, 6.45) is -0.498. The zero-order chi connectivity index (χ0) is 14.2. The standard InChI is InChI=1S/C11H9F3N2O3/c12-7-1-2-9(16(18)19)8(5-7)10(17)15-4-3-11(13,14)6-15/h1-2,5H,3-4,6H2. The Balaban J connectivity index is 2.34. The number of carbonyl (C=O) groups is 1. The lowest BCUT2D eigenvalue weighted by atomic mass is 10.1. The maximum Gasteiger partial charge on any atom is 0.282 e. The molecule has 1 amide bonds. The predicted molar refractivity (Wildman–Crippen MR) is 58.5 cm³/mol. The van der Waals surface area contributed by atoms with Gasteiger partial charge in [0.15, 0.2) is 0 Å². The number of likely N-dealkylation sites (tertiary alicyclic amines) is 1. The van der Waals surface area contributed by atoms with Crippen LogP contribution in [-0.2, 0) is 0 Å². The van der Waals surface area contributed by atoms with Crippen LogP contribution in [-0.4, -0.2) is 34.7 Å². The zero-order valence-corrected chi connectivity index (χ0v) is 9.61. The number of nitrogens with zero attached hydrogens (tertiary/aromatic N) is 2. The van der Waals surface area contributed by atoms with Gasteiger partial charge in [-0.1, -0.05) is 0 Å². The van der Waals surface area contributed by atoms with Gasteiger partial charge in [0, 0.05) is 19.0 Å². The lowest BCUT2D eigenvalue weighted by Gasteiger charge is -2.16. The van der Waals surface area contributed by atoms with E-state index in [4.69, 9.17) is 0 Å². The summed E-state index contributed by atoms with van der Waals surface area (Å²) in [6.45, 7) is -1.01. The van der Waals surface area contributed by atoms with E-state index in [-0.39, 0.29) is 6.54 Å². The summed E-state index contributed by atoms with van der Waals surface area (Å²) in [6, 6.07) is 2.38. The minimum atomic E-state index is -3.00. The molecular formula is C11H9F3N2O3. The highest BCUT2D eigenvalue weighted by molar-refractivity contribution is 5.98. The summed E-state index contributed by atoms with van der Waals surface area (Å²) >= 11 is 0. The Morgan fingerprint density at radius 3 is 2.63 bits per heavy atom. The lowest BCUT2D eigenvalue weighted by molar-refractivity contribution is -0.385. The number of benzene rings is 1. The molecule has 0 bridgehead atoms. The van der Waals surface area contributed by atoms with Crippen molar-refractivity contribution in [1.82, 2.24) is 4.90 Å². The monoisotopic (exact) mass is 274 g/mol. The van der Waals surface area contributed by atoms with Gasteiger partial charge in [-0.15, -0.1) is 0 Å². The highest BCUT2D eigenvalue weighted by Gasteiger charge is 2.41. The van der Waals surface area contributed by atoms with Crippen LogP contribution in [0.25, 0.3) is 0 Å². The molecule has 102 valence electrons. The Morgan fingerprint density at radius 2 is 2.11 bits per heavy atom. The fourth-order valence-corrected chi connectivity index (χ4v) is 1.92. The molecule has 0 aromatic heterocycles. The molecule has 0 aliphatic carbocycles. The molecular weight excluding hydrogens is 265 g/mol. The van der Waals surface area contributed by atoms with E-state index in [9.17, 15) is 28.1 Å². The summed E-state index contributed by atoms with van der Waals surface area (Å²) in [5.41, 5.74) is -1.11. The zero-order valence-electron chi connectivity index (χ0n) is 9.61. The number of hydrogen-bond donors (Lipinski definition) is 0. The SMILES string of the molecule is O=C(c1cc(F)ccc1[N+](=O)[O-])N1CCC(F)(F)C1. The van der Waals surface area contributed by atoms with Crippen molar-refractivity contribution in [1.29, 1.82) is 0 Å². The maximum absolute atomic E-state index is 13.1. The Labute approximate surface area is 105 Å². The van der Waals surface area contributed by atoms with Crippen LogP contribution in [0, 0.1) is 15.9 Å². The number of alkyl halides is 2. The van der Waals surface area contributed by atoms with Crippen LogP contribution in [0.3, 0.4) is 0 Å². The van der Waals surface area contributed by atoms with Gasteiger partial charge in [0.25, 0.3) is 17.5 Å². The Morgan fingerprint density at radius 1 is 1.42 bits per heavy atom. The first-order chi connectivity index (χ1) is 8.80. The van der Waals surface area contributed by atoms with Crippen LogP contribution < -0.4 is 0 Å². The molecule has 1 fully saturated rings. The number of rotatable bonds is 2. The third-order valence-corrected chi connectivity index (χ3v) is 2.84. The van der Waals surface area contributed by atoms with Gasteiger partial charge in [-0.05, 0) is 12.1 Å². The van der Waals surface area contributed by atoms with Crippen molar-refractivity contribution >= 4 is 11.6 Å². The normalized spacial score (nSPS) is 17.5. The van der Waals surface area contributed by atoms with E-state index in [2.05, 4.69) is 0 Å².